The first-order valence-corrected chi connectivity index (χ1v) is 8.92. The van der Waals surface area contributed by atoms with Crippen molar-refractivity contribution < 1.29 is 9.59 Å². The number of amides is 2. The van der Waals surface area contributed by atoms with Gasteiger partial charge in [0.05, 0.1) is 10.7 Å². The highest BCUT2D eigenvalue weighted by Gasteiger charge is 2.11. The van der Waals surface area contributed by atoms with Gasteiger partial charge in [-0.25, -0.2) is 0 Å². The lowest BCUT2D eigenvalue weighted by molar-refractivity contribution is 0.0950. The minimum absolute atomic E-state index is 0.156. The second kappa shape index (κ2) is 9.57. The Kier molecular flexibility index (Phi) is 7.45. The molecule has 0 aliphatic carbocycles. The van der Waals surface area contributed by atoms with Gasteiger partial charge in [-0.2, -0.15) is 0 Å². The summed E-state index contributed by atoms with van der Waals surface area (Å²) in [5.41, 5.74) is 1.42. The Bertz CT molecular complexity index is 777. The zero-order valence-electron chi connectivity index (χ0n) is 14.7. The van der Waals surface area contributed by atoms with E-state index in [1.807, 2.05) is 14.1 Å². The molecule has 0 radical (unpaired) electrons. The molecule has 0 saturated heterocycles. The van der Waals surface area contributed by atoms with Gasteiger partial charge in [0.1, 0.15) is 0 Å². The van der Waals surface area contributed by atoms with Gasteiger partial charge in [-0.15, -0.1) is 0 Å². The van der Waals surface area contributed by atoms with E-state index < -0.39 is 0 Å². The predicted molar refractivity (Wildman–Crippen MR) is 106 cm³/mol. The van der Waals surface area contributed by atoms with Crippen molar-refractivity contribution in [1.29, 1.82) is 0 Å². The normalized spacial score (nSPS) is 10.7. The van der Waals surface area contributed by atoms with E-state index in [0.717, 1.165) is 13.0 Å². The number of carbonyl (C=O) groups excluding carboxylic acids is 2. The molecule has 0 aromatic heterocycles. The van der Waals surface area contributed by atoms with E-state index in [4.69, 9.17) is 23.2 Å². The molecule has 138 valence electrons. The van der Waals surface area contributed by atoms with E-state index in [1.54, 1.807) is 42.5 Å². The van der Waals surface area contributed by atoms with Gasteiger partial charge in [0.2, 0.25) is 0 Å². The topological polar surface area (TPSA) is 61.4 Å². The maximum atomic E-state index is 12.3. The van der Waals surface area contributed by atoms with Crippen LogP contribution < -0.4 is 10.6 Å². The summed E-state index contributed by atoms with van der Waals surface area (Å²) in [5.74, 6) is -0.469. The van der Waals surface area contributed by atoms with E-state index >= 15 is 0 Å². The summed E-state index contributed by atoms with van der Waals surface area (Å²) in [4.78, 5) is 26.4. The van der Waals surface area contributed by atoms with Crippen LogP contribution in [0.5, 0.6) is 0 Å². The Morgan fingerprint density at radius 2 is 1.58 bits per heavy atom. The molecule has 2 aromatic carbocycles. The maximum Gasteiger partial charge on any atom is 0.255 e. The summed E-state index contributed by atoms with van der Waals surface area (Å²) >= 11 is 11.9. The number of carbonyl (C=O) groups is 2. The Morgan fingerprint density at radius 1 is 0.962 bits per heavy atom. The van der Waals surface area contributed by atoms with Crippen molar-refractivity contribution in [2.45, 2.75) is 6.42 Å². The van der Waals surface area contributed by atoms with Crippen molar-refractivity contribution in [3.8, 4) is 0 Å². The molecule has 2 rings (SSSR count). The standard InChI is InChI=1S/C19H21Cl2N3O2/c1-24(2)11-3-10-22-18(25)13-4-6-14(7-5-13)19(26)23-17-9-8-15(20)12-16(17)21/h4-9,12H,3,10-11H2,1-2H3,(H,22,25)(H,23,26). The van der Waals surface area contributed by atoms with Crippen LogP contribution in [0.4, 0.5) is 5.69 Å². The van der Waals surface area contributed by atoms with E-state index in [9.17, 15) is 9.59 Å². The zero-order chi connectivity index (χ0) is 19.1. The number of nitrogens with one attached hydrogen (secondary N) is 2. The van der Waals surface area contributed by atoms with Gasteiger partial charge in [-0.1, -0.05) is 23.2 Å². The largest absolute Gasteiger partial charge is 0.352 e. The van der Waals surface area contributed by atoms with Crippen LogP contribution in [0.2, 0.25) is 10.0 Å². The first-order valence-electron chi connectivity index (χ1n) is 8.16. The van der Waals surface area contributed by atoms with Crippen molar-refractivity contribution in [3.05, 3.63) is 63.6 Å². The molecule has 0 saturated carbocycles. The molecular formula is C19H21Cl2N3O2. The quantitative estimate of drug-likeness (QED) is 0.700. The SMILES string of the molecule is CN(C)CCCNC(=O)c1ccc(C(=O)Nc2ccc(Cl)cc2Cl)cc1. The Balaban J connectivity index is 1.93. The highest BCUT2D eigenvalue weighted by atomic mass is 35.5. The lowest BCUT2D eigenvalue weighted by atomic mass is 10.1. The fourth-order valence-electron chi connectivity index (χ4n) is 2.26. The van der Waals surface area contributed by atoms with E-state index in [2.05, 4.69) is 15.5 Å². The Morgan fingerprint density at radius 3 is 2.15 bits per heavy atom. The van der Waals surface area contributed by atoms with Gasteiger partial charge in [0.25, 0.3) is 11.8 Å². The average molecular weight is 394 g/mol. The van der Waals surface area contributed by atoms with Gasteiger partial charge < -0.3 is 15.5 Å². The number of hydrogen-bond acceptors (Lipinski definition) is 3. The third-order valence-electron chi connectivity index (χ3n) is 3.66. The zero-order valence-corrected chi connectivity index (χ0v) is 16.2. The van der Waals surface area contributed by atoms with Crippen molar-refractivity contribution in [2.75, 3.05) is 32.5 Å². The second-order valence-electron chi connectivity index (χ2n) is 6.07. The molecule has 0 spiro atoms. The molecule has 2 N–H and O–H groups in total. The molecule has 26 heavy (non-hydrogen) atoms. The summed E-state index contributed by atoms with van der Waals surface area (Å²) in [7, 11) is 3.98. The van der Waals surface area contributed by atoms with Crippen LogP contribution in [0.15, 0.2) is 42.5 Å². The van der Waals surface area contributed by atoms with Crippen LogP contribution in [-0.4, -0.2) is 43.9 Å². The molecule has 0 bridgehead atoms. The third-order valence-corrected chi connectivity index (χ3v) is 4.20. The van der Waals surface area contributed by atoms with Crippen LogP contribution in [0.25, 0.3) is 0 Å². The summed E-state index contributed by atoms with van der Waals surface area (Å²) in [6, 6.07) is 11.3. The molecule has 5 nitrogen and oxygen atoms in total. The first-order chi connectivity index (χ1) is 12.4. The molecule has 0 heterocycles. The molecule has 2 amide bonds. The van der Waals surface area contributed by atoms with Crippen LogP contribution in [-0.2, 0) is 0 Å². The minimum atomic E-state index is -0.313. The number of rotatable bonds is 7. The van der Waals surface area contributed by atoms with Crippen molar-refractivity contribution >= 4 is 40.7 Å². The number of halogens is 2. The predicted octanol–water partition coefficient (Wildman–Crippen LogP) is 3.93. The lowest BCUT2D eigenvalue weighted by Gasteiger charge is -2.10. The first kappa shape index (κ1) is 20.2. The Hall–Kier alpha value is -2.08. The number of benzene rings is 2. The molecule has 2 aromatic rings. The highest BCUT2D eigenvalue weighted by Crippen LogP contribution is 2.25. The average Bonchev–Trinajstić information content (AvgIpc) is 2.61. The van der Waals surface area contributed by atoms with Gasteiger partial charge in [-0.3, -0.25) is 9.59 Å². The molecule has 0 fully saturated rings. The van der Waals surface area contributed by atoms with Gasteiger partial charge >= 0.3 is 0 Å². The fraction of sp³-hybridized carbons (Fsp3) is 0.263. The maximum absolute atomic E-state index is 12.3. The van der Waals surface area contributed by atoms with Crippen LogP contribution in [0.1, 0.15) is 27.1 Å². The van der Waals surface area contributed by atoms with Crippen LogP contribution in [0.3, 0.4) is 0 Å². The molecule has 7 heteroatoms. The molecule has 0 unspecified atom stereocenters. The monoisotopic (exact) mass is 393 g/mol. The molecular weight excluding hydrogens is 373 g/mol. The third kappa shape index (κ3) is 6.02. The van der Waals surface area contributed by atoms with Crippen molar-refractivity contribution in [3.63, 3.8) is 0 Å². The second-order valence-corrected chi connectivity index (χ2v) is 6.91. The smallest absolute Gasteiger partial charge is 0.255 e. The lowest BCUT2D eigenvalue weighted by Crippen LogP contribution is -2.27. The van der Waals surface area contributed by atoms with Crippen LogP contribution in [0, 0.1) is 0 Å². The van der Waals surface area contributed by atoms with E-state index in [1.165, 1.54) is 0 Å². The number of nitrogens with zero attached hydrogens (tertiary/aromatic N) is 1. The molecule has 0 atom stereocenters. The number of hydrogen-bond donors (Lipinski definition) is 2. The van der Waals surface area contributed by atoms with Gasteiger partial charge in [-0.05, 0) is 69.5 Å². The highest BCUT2D eigenvalue weighted by molar-refractivity contribution is 6.36. The van der Waals surface area contributed by atoms with Gasteiger partial charge in [0, 0.05) is 22.7 Å². The summed E-state index contributed by atoms with van der Waals surface area (Å²) in [6.07, 6.45) is 0.876. The molecule has 0 aliphatic heterocycles. The summed E-state index contributed by atoms with van der Waals surface area (Å²) in [5, 5.41) is 6.43. The summed E-state index contributed by atoms with van der Waals surface area (Å²) < 4.78 is 0. The number of anilines is 1. The fourth-order valence-corrected chi connectivity index (χ4v) is 2.71. The van der Waals surface area contributed by atoms with E-state index in [0.29, 0.717) is 33.4 Å². The minimum Gasteiger partial charge on any atom is -0.352 e. The van der Waals surface area contributed by atoms with E-state index in [-0.39, 0.29) is 11.8 Å². The van der Waals surface area contributed by atoms with Crippen LogP contribution >= 0.6 is 23.2 Å². The summed E-state index contributed by atoms with van der Waals surface area (Å²) in [6.45, 7) is 1.51. The van der Waals surface area contributed by atoms with Gasteiger partial charge in [0.15, 0.2) is 0 Å². The Labute approximate surface area is 163 Å². The van der Waals surface area contributed by atoms with Crippen molar-refractivity contribution in [2.24, 2.45) is 0 Å². The molecule has 0 aliphatic rings. The van der Waals surface area contributed by atoms with Crippen molar-refractivity contribution in [1.82, 2.24) is 10.2 Å².